The molecule has 0 bridgehead atoms. The molecule has 1 fully saturated rings. The van der Waals surface area contributed by atoms with Crippen LogP contribution in [0.5, 0.6) is 0 Å². The molecule has 1 aliphatic rings. The molecule has 16 heavy (non-hydrogen) atoms. The molecule has 0 aromatic rings. The number of nitrogens with one attached hydrogen (secondary N) is 3. The monoisotopic (exact) mass is 251 g/mol. The molecule has 1 saturated heterocycles. The molecule has 0 saturated carbocycles. The minimum atomic E-state index is -0.760. The Bertz CT molecular complexity index is 218. The minimum Gasteiger partial charge on any atom is -0.481 e. The number of halogens is 1. The van der Waals surface area contributed by atoms with Crippen LogP contribution in [-0.2, 0) is 4.79 Å². The smallest absolute Gasteiger partial charge is 0.310 e. The number of carboxylic acids is 1. The van der Waals surface area contributed by atoms with Crippen molar-refractivity contribution < 1.29 is 9.90 Å². The van der Waals surface area contributed by atoms with E-state index in [1.165, 1.54) is 0 Å². The van der Waals surface area contributed by atoms with Crippen LogP contribution in [-0.4, -0.2) is 49.8 Å². The van der Waals surface area contributed by atoms with E-state index in [4.69, 9.17) is 5.11 Å². The number of carboxylic acid groups (broad SMARTS) is 1. The van der Waals surface area contributed by atoms with E-state index in [-0.39, 0.29) is 12.4 Å². The number of carbonyl (C=O) groups is 1. The van der Waals surface area contributed by atoms with Crippen LogP contribution in [0, 0.1) is 5.41 Å². The molecule has 0 spiro atoms. The summed E-state index contributed by atoms with van der Waals surface area (Å²) in [7, 11) is 0. The molecule has 0 aromatic heterocycles. The summed E-state index contributed by atoms with van der Waals surface area (Å²) in [5.41, 5.74) is -0.692. The quantitative estimate of drug-likeness (QED) is 0.539. The summed E-state index contributed by atoms with van der Waals surface area (Å²) < 4.78 is 0. The van der Waals surface area contributed by atoms with Crippen molar-refractivity contribution in [3.05, 3.63) is 0 Å². The van der Waals surface area contributed by atoms with Gasteiger partial charge in [0.15, 0.2) is 0 Å². The third-order valence-electron chi connectivity index (χ3n) is 2.66. The van der Waals surface area contributed by atoms with Gasteiger partial charge in [0.05, 0.1) is 5.41 Å². The first-order chi connectivity index (χ1) is 7.02. The van der Waals surface area contributed by atoms with Crippen LogP contribution in [0.3, 0.4) is 0 Å². The molecule has 1 aliphatic heterocycles. The molecule has 1 rings (SSSR count). The highest BCUT2D eigenvalue weighted by Crippen LogP contribution is 2.12. The van der Waals surface area contributed by atoms with Crippen LogP contribution in [0.1, 0.15) is 13.8 Å². The Morgan fingerprint density at radius 3 is 2.69 bits per heavy atom. The van der Waals surface area contributed by atoms with Gasteiger partial charge in [-0.05, 0) is 13.8 Å². The Morgan fingerprint density at radius 2 is 2.19 bits per heavy atom. The van der Waals surface area contributed by atoms with Gasteiger partial charge in [-0.25, -0.2) is 0 Å². The number of hydrogen-bond donors (Lipinski definition) is 4. The fourth-order valence-corrected chi connectivity index (χ4v) is 1.49. The predicted molar refractivity (Wildman–Crippen MR) is 66.2 cm³/mol. The van der Waals surface area contributed by atoms with E-state index < -0.39 is 11.4 Å². The zero-order chi connectivity index (χ0) is 11.3. The minimum absolute atomic E-state index is 0. The van der Waals surface area contributed by atoms with Crippen molar-refractivity contribution in [1.82, 2.24) is 16.0 Å². The number of hydrogen-bond acceptors (Lipinski definition) is 4. The van der Waals surface area contributed by atoms with Crippen molar-refractivity contribution in [2.45, 2.75) is 19.9 Å². The van der Waals surface area contributed by atoms with E-state index in [1.807, 2.05) is 0 Å². The Morgan fingerprint density at radius 1 is 1.50 bits per heavy atom. The second-order valence-corrected chi connectivity index (χ2v) is 4.68. The van der Waals surface area contributed by atoms with Crippen LogP contribution < -0.4 is 16.0 Å². The van der Waals surface area contributed by atoms with Crippen LogP contribution >= 0.6 is 12.4 Å². The van der Waals surface area contributed by atoms with Crippen molar-refractivity contribution in [1.29, 1.82) is 0 Å². The first kappa shape index (κ1) is 15.6. The molecule has 96 valence electrons. The second-order valence-electron chi connectivity index (χ2n) is 4.68. The van der Waals surface area contributed by atoms with Crippen molar-refractivity contribution in [2.75, 3.05) is 32.7 Å². The zero-order valence-electron chi connectivity index (χ0n) is 9.88. The lowest BCUT2D eigenvalue weighted by Gasteiger charge is -2.26. The predicted octanol–water partition coefficient (Wildman–Crippen LogP) is -0.330. The van der Waals surface area contributed by atoms with Gasteiger partial charge in [0, 0.05) is 38.8 Å². The van der Waals surface area contributed by atoms with Gasteiger partial charge in [0.2, 0.25) is 0 Å². The van der Waals surface area contributed by atoms with E-state index in [9.17, 15) is 4.79 Å². The van der Waals surface area contributed by atoms with Crippen LogP contribution in [0.25, 0.3) is 0 Å². The van der Waals surface area contributed by atoms with Crippen molar-refractivity contribution in [3.63, 3.8) is 0 Å². The summed E-state index contributed by atoms with van der Waals surface area (Å²) in [5, 5.41) is 18.8. The molecule has 4 N–H and O–H groups in total. The van der Waals surface area contributed by atoms with E-state index in [0.29, 0.717) is 12.6 Å². The highest BCUT2D eigenvalue weighted by molar-refractivity contribution is 5.85. The van der Waals surface area contributed by atoms with Gasteiger partial charge < -0.3 is 21.1 Å². The standard InChI is InChI=1S/C10H21N3O2.ClH/c1-10(2,9(14)15)7-12-6-8-5-11-3-4-13-8;/h8,11-13H,3-7H2,1-2H3,(H,14,15);1H/t8-;/m0./s1. The molecule has 0 aromatic carbocycles. The van der Waals surface area contributed by atoms with Crippen LogP contribution in [0.4, 0.5) is 0 Å². The Labute approximate surface area is 103 Å². The fourth-order valence-electron chi connectivity index (χ4n) is 1.49. The number of piperazine rings is 1. The lowest BCUT2D eigenvalue weighted by atomic mass is 9.94. The van der Waals surface area contributed by atoms with Crippen molar-refractivity contribution >= 4 is 18.4 Å². The van der Waals surface area contributed by atoms with Gasteiger partial charge in [-0.1, -0.05) is 0 Å². The first-order valence-corrected chi connectivity index (χ1v) is 5.40. The van der Waals surface area contributed by atoms with Gasteiger partial charge in [-0.15, -0.1) is 12.4 Å². The molecule has 0 radical (unpaired) electrons. The van der Waals surface area contributed by atoms with Crippen molar-refractivity contribution in [2.24, 2.45) is 5.41 Å². The first-order valence-electron chi connectivity index (χ1n) is 5.40. The largest absolute Gasteiger partial charge is 0.481 e. The van der Waals surface area contributed by atoms with Gasteiger partial charge >= 0.3 is 5.97 Å². The maximum atomic E-state index is 10.8. The van der Waals surface area contributed by atoms with Crippen molar-refractivity contribution in [3.8, 4) is 0 Å². The average Bonchev–Trinajstić information content (AvgIpc) is 2.19. The maximum Gasteiger partial charge on any atom is 0.310 e. The number of aliphatic carboxylic acids is 1. The molecular formula is C10H22ClN3O2. The highest BCUT2D eigenvalue weighted by Gasteiger charge is 2.26. The summed E-state index contributed by atoms with van der Waals surface area (Å²) in [6.07, 6.45) is 0. The van der Waals surface area contributed by atoms with Crippen LogP contribution in [0.2, 0.25) is 0 Å². The van der Waals surface area contributed by atoms with Crippen LogP contribution in [0.15, 0.2) is 0 Å². The molecule has 0 amide bonds. The highest BCUT2D eigenvalue weighted by atomic mass is 35.5. The maximum absolute atomic E-state index is 10.8. The molecule has 5 nitrogen and oxygen atoms in total. The van der Waals surface area contributed by atoms with E-state index in [0.717, 1.165) is 26.2 Å². The Balaban J connectivity index is 0.00000225. The Kier molecular flexibility index (Phi) is 6.90. The summed E-state index contributed by atoms with van der Waals surface area (Å²) in [6, 6.07) is 0.406. The third-order valence-corrected chi connectivity index (χ3v) is 2.66. The molecule has 1 atom stereocenters. The normalized spacial score (nSPS) is 21.2. The summed E-state index contributed by atoms with van der Waals surface area (Å²) in [4.78, 5) is 10.8. The molecular weight excluding hydrogens is 230 g/mol. The zero-order valence-corrected chi connectivity index (χ0v) is 10.7. The topological polar surface area (TPSA) is 73.4 Å². The van der Waals surface area contributed by atoms with E-state index in [1.54, 1.807) is 13.8 Å². The molecule has 1 heterocycles. The fraction of sp³-hybridized carbons (Fsp3) is 0.900. The van der Waals surface area contributed by atoms with Gasteiger partial charge in [-0.2, -0.15) is 0 Å². The summed E-state index contributed by atoms with van der Waals surface area (Å²) in [6.45, 7) is 7.71. The van der Waals surface area contributed by atoms with Gasteiger partial charge in [0.25, 0.3) is 0 Å². The van der Waals surface area contributed by atoms with E-state index >= 15 is 0 Å². The molecule has 0 unspecified atom stereocenters. The number of rotatable bonds is 5. The van der Waals surface area contributed by atoms with E-state index in [2.05, 4.69) is 16.0 Å². The third kappa shape index (κ3) is 5.12. The average molecular weight is 252 g/mol. The second kappa shape index (κ2) is 7.06. The van der Waals surface area contributed by atoms with Gasteiger partial charge in [-0.3, -0.25) is 4.79 Å². The lowest BCUT2D eigenvalue weighted by Crippen LogP contribution is -2.53. The summed E-state index contributed by atoms with van der Waals surface area (Å²) in [5.74, 6) is -0.760. The SMILES string of the molecule is CC(C)(CNC[C@@H]1CNCCN1)C(=O)O.Cl. The lowest BCUT2D eigenvalue weighted by molar-refractivity contribution is -0.146. The Hall–Kier alpha value is -0.360. The van der Waals surface area contributed by atoms with Gasteiger partial charge in [0.1, 0.15) is 0 Å². The summed E-state index contributed by atoms with van der Waals surface area (Å²) >= 11 is 0. The molecule has 0 aliphatic carbocycles. The molecule has 6 heteroatoms.